The molecule has 0 radical (unpaired) electrons. The minimum atomic E-state index is -3.45. The number of aryl methyl sites for hydroxylation is 1. The van der Waals surface area contributed by atoms with E-state index in [9.17, 15) is 13.2 Å². The molecule has 1 aliphatic heterocycles. The minimum Gasteiger partial charge on any atom is -0.440 e. The summed E-state index contributed by atoms with van der Waals surface area (Å²) in [5, 5.41) is 2.95. The molecule has 2 aromatic heterocycles. The maximum absolute atomic E-state index is 12.6. The number of aromatic nitrogens is 1. The molecular weight excluding hydrogens is 362 g/mol. The average molecular weight is 383 g/mol. The number of hydrogen-bond acceptors (Lipinski definition) is 7. The lowest BCUT2D eigenvalue weighted by Gasteiger charge is -2.20. The smallest absolute Gasteiger partial charge is 0.289 e. The Morgan fingerprint density at radius 2 is 2.08 bits per heavy atom. The second-order valence-corrected chi connectivity index (χ2v) is 9.18. The van der Waals surface area contributed by atoms with Crippen molar-refractivity contribution in [3.63, 3.8) is 0 Å². The lowest BCUT2D eigenvalue weighted by Crippen LogP contribution is -2.35. The van der Waals surface area contributed by atoms with Gasteiger partial charge in [0.25, 0.3) is 5.91 Å². The molecule has 0 bridgehead atoms. The van der Waals surface area contributed by atoms with Crippen LogP contribution in [0.4, 0.5) is 0 Å². The van der Waals surface area contributed by atoms with Crippen molar-refractivity contribution in [1.29, 1.82) is 0 Å². The van der Waals surface area contributed by atoms with Crippen molar-refractivity contribution < 1.29 is 17.6 Å². The average Bonchev–Trinajstić information content (AvgIpc) is 3.12. The first-order valence-corrected chi connectivity index (χ1v) is 10.8. The zero-order chi connectivity index (χ0) is 18.0. The van der Waals surface area contributed by atoms with E-state index in [2.05, 4.69) is 15.3 Å². The lowest BCUT2D eigenvalue weighted by molar-refractivity contribution is 0.0723. The number of thiazole rings is 1. The first-order chi connectivity index (χ1) is 11.8. The summed E-state index contributed by atoms with van der Waals surface area (Å²) in [5.41, 5.74) is 1.06. The van der Waals surface area contributed by atoms with Crippen LogP contribution in [0.2, 0.25) is 0 Å². The lowest BCUT2D eigenvalue weighted by atomic mass is 10.3. The molecule has 0 unspecified atom stereocenters. The topological polar surface area (TPSA) is 83.7 Å². The van der Waals surface area contributed by atoms with Crippen molar-refractivity contribution in [3.8, 4) is 0 Å². The van der Waals surface area contributed by atoms with Crippen LogP contribution < -0.4 is 0 Å². The molecule has 0 spiro atoms. The quantitative estimate of drug-likeness (QED) is 0.800. The molecule has 1 amide bonds. The SMILES string of the molecule is Cc1nc(CN2CCCN(C(=O)c3ccc(S(C)(=O)=O)o3)CC2)cs1. The van der Waals surface area contributed by atoms with Gasteiger partial charge in [-0.1, -0.05) is 0 Å². The molecule has 7 nitrogen and oxygen atoms in total. The molecule has 3 rings (SSSR count). The van der Waals surface area contributed by atoms with Crippen LogP contribution in [-0.2, 0) is 16.4 Å². The van der Waals surface area contributed by atoms with E-state index < -0.39 is 9.84 Å². The Kier molecular flexibility index (Phi) is 5.26. The van der Waals surface area contributed by atoms with Gasteiger partial charge < -0.3 is 9.32 Å². The third-order valence-electron chi connectivity index (χ3n) is 4.09. The summed E-state index contributed by atoms with van der Waals surface area (Å²) in [5.74, 6) is -0.190. The Labute approximate surface area is 151 Å². The largest absolute Gasteiger partial charge is 0.440 e. The Hall–Kier alpha value is -1.71. The molecule has 2 aromatic rings. The van der Waals surface area contributed by atoms with Crippen LogP contribution in [-0.4, -0.2) is 61.5 Å². The van der Waals surface area contributed by atoms with E-state index in [-0.39, 0.29) is 16.8 Å². The van der Waals surface area contributed by atoms with E-state index in [0.29, 0.717) is 13.1 Å². The zero-order valence-corrected chi connectivity index (χ0v) is 15.9. The highest BCUT2D eigenvalue weighted by Gasteiger charge is 2.24. The molecular formula is C16H21N3O4S2. The molecule has 1 saturated heterocycles. The summed E-state index contributed by atoms with van der Waals surface area (Å²) in [4.78, 5) is 21.1. The van der Waals surface area contributed by atoms with E-state index in [0.717, 1.165) is 43.0 Å². The van der Waals surface area contributed by atoms with Crippen LogP contribution in [0, 0.1) is 6.92 Å². The summed E-state index contributed by atoms with van der Waals surface area (Å²) in [6.07, 6.45) is 1.92. The highest BCUT2D eigenvalue weighted by Crippen LogP contribution is 2.17. The van der Waals surface area contributed by atoms with Gasteiger partial charge in [-0.15, -0.1) is 11.3 Å². The minimum absolute atomic E-state index is 0.0731. The molecule has 1 aliphatic rings. The summed E-state index contributed by atoms with van der Waals surface area (Å²) < 4.78 is 28.2. The second kappa shape index (κ2) is 7.27. The fraction of sp³-hybridized carbons (Fsp3) is 0.500. The molecule has 136 valence electrons. The van der Waals surface area contributed by atoms with Crippen molar-refractivity contribution in [3.05, 3.63) is 34.0 Å². The maximum Gasteiger partial charge on any atom is 0.289 e. The van der Waals surface area contributed by atoms with Crippen molar-refractivity contribution in [1.82, 2.24) is 14.8 Å². The fourth-order valence-electron chi connectivity index (χ4n) is 2.83. The number of sulfone groups is 1. The molecule has 0 N–H and O–H groups in total. The molecule has 0 aromatic carbocycles. The van der Waals surface area contributed by atoms with Crippen LogP contribution >= 0.6 is 11.3 Å². The van der Waals surface area contributed by atoms with Crippen molar-refractivity contribution >= 4 is 27.1 Å². The monoisotopic (exact) mass is 383 g/mol. The van der Waals surface area contributed by atoms with Gasteiger partial charge >= 0.3 is 0 Å². The number of carbonyl (C=O) groups excluding carboxylic acids is 1. The zero-order valence-electron chi connectivity index (χ0n) is 14.3. The Balaban J connectivity index is 1.62. The summed E-state index contributed by atoms with van der Waals surface area (Å²) in [6, 6.07) is 2.76. The molecule has 9 heteroatoms. The van der Waals surface area contributed by atoms with Crippen LogP contribution in [0.25, 0.3) is 0 Å². The van der Waals surface area contributed by atoms with E-state index in [4.69, 9.17) is 4.42 Å². The van der Waals surface area contributed by atoms with Gasteiger partial charge in [0.2, 0.25) is 14.9 Å². The van der Waals surface area contributed by atoms with Gasteiger partial charge in [0.1, 0.15) is 0 Å². The first kappa shape index (κ1) is 18.1. The summed E-state index contributed by atoms with van der Waals surface area (Å²) >= 11 is 1.64. The van der Waals surface area contributed by atoms with Gasteiger partial charge in [0.15, 0.2) is 5.76 Å². The third-order valence-corrected chi connectivity index (χ3v) is 5.86. The Bertz CT molecular complexity index is 856. The Morgan fingerprint density at radius 3 is 2.72 bits per heavy atom. The number of amides is 1. The second-order valence-electron chi connectivity index (χ2n) is 6.17. The Morgan fingerprint density at radius 1 is 1.28 bits per heavy atom. The molecule has 0 atom stereocenters. The number of nitrogens with zero attached hydrogens (tertiary/aromatic N) is 3. The first-order valence-electron chi connectivity index (χ1n) is 8.05. The van der Waals surface area contributed by atoms with Crippen LogP contribution in [0.1, 0.15) is 27.7 Å². The van der Waals surface area contributed by atoms with Crippen molar-refractivity contribution in [2.75, 3.05) is 32.4 Å². The van der Waals surface area contributed by atoms with Gasteiger partial charge in [0, 0.05) is 44.4 Å². The maximum atomic E-state index is 12.6. The summed E-state index contributed by atoms with van der Waals surface area (Å²) in [6.45, 7) is 5.63. The molecule has 1 fully saturated rings. The van der Waals surface area contributed by atoms with Crippen LogP contribution in [0.5, 0.6) is 0 Å². The number of furan rings is 1. The van der Waals surface area contributed by atoms with Crippen molar-refractivity contribution in [2.45, 2.75) is 25.0 Å². The highest BCUT2D eigenvalue weighted by atomic mass is 32.2. The molecule has 0 aliphatic carbocycles. The number of hydrogen-bond donors (Lipinski definition) is 0. The number of carbonyl (C=O) groups is 1. The van der Waals surface area contributed by atoms with Crippen molar-refractivity contribution in [2.24, 2.45) is 0 Å². The molecule has 3 heterocycles. The van der Waals surface area contributed by atoms with E-state index in [1.54, 1.807) is 16.2 Å². The van der Waals surface area contributed by atoms with E-state index >= 15 is 0 Å². The van der Waals surface area contributed by atoms with Gasteiger partial charge in [-0.3, -0.25) is 9.69 Å². The standard InChI is InChI=1S/C16H21N3O4S2/c1-12-17-13(11-24-12)10-18-6-3-7-19(9-8-18)16(20)14-4-5-15(23-14)25(2,21)22/h4-5,11H,3,6-10H2,1-2H3. The normalized spacial score (nSPS) is 16.8. The fourth-order valence-corrected chi connectivity index (χ4v) is 3.99. The van der Waals surface area contributed by atoms with Gasteiger partial charge in [-0.05, 0) is 25.5 Å². The van der Waals surface area contributed by atoms with E-state index in [1.807, 2.05) is 6.92 Å². The summed E-state index contributed by atoms with van der Waals surface area (Å²) in [7, 11) is -3.45. The third kappa shape index (κ3) is 4.47. The molecule has 25 heavy (non-hydrogen) atoms. The van der Waals surface area contributed by atoms with Gasteiger partial charge in [-0.2, -0.15) is 0 Å². The van der Waals surface area contributed by atoms with Crippen LogP contribution in [0.3, 0.4) is 0 Å². The van der Waals surface area contributed by atoms with Gasteiger partial charge in [0.05, 0.1) is 10.7 Å². The predicted molar refractivity (Wildman–Crippen MR) is 94.5 cm³/mol. The highest BCUT2D eigenvalue weighted by molar-refractivity contribution is 7.90. The number of rotatable bonds is 4. The van der Waals surface area contributed by atoms with Gasteiger partial charge in [-0.25, -0.2) is 13.4 Å². The molecule has 0 saturated carbocycles. The predicted octanol–water partition coefficient (Wildman–Crippen LogP) is 1.80. The van der Waals surface area contributed by atoms with Crippen LogP contribution in [0.15, 0.2) is 27.0 Å². The van der Waals surface area contributed by atoms with E-state index in [1.165, 1.54) is 12.1 Å².